The lowest BCUT2D eigenvalue weighted by molar-refractivity contribution is 0.612. The second-order valence-corrected chi connectivity index (χ2v) is 3.99. The number of halogens is 2. The van der Waals surface area contributed by atoms with E-state index in [2.05, 4.69) is 31.4 Å². The Kier molecular flexibility index (Phi) is 3.01. The molecule has 0 bridgehead atoms. The predicted molar refractivity (Wildman–Crippen MR) is 60.0 cm³/mol. The van der Waals surface area contributed by atoms with Crippen LogP contribution in [0.4, 0.5) is 10.1 Å². The number of hydrogen-bond donors (Lipinski definition) is 2. The molecule has 0 unspecified atom stereocenters. The van der Waals surface area contributed by atoms with E-state index in [1.807, 2.05) is 0 Å². The zero-order valence-corrected chi connectivity index (χ0v) is 9.38. The second kappa shape index (κ2) is 4.44. The van der Waals surface area contributed by atoms with Crippen LogP contribution in [0.25, 0.3) is 0 Å². The molecule has 0 saturated heterocycles. The van der Waals surface area contributed by atoms with E-state index in [4.69, 9.17) is 0 Å². The number of aromatic amines is 1. The van der Waals surface area contributed by atoms with Gasteiger partial charge in [0.2, 0.25) is 0 Å². The molecule has 2 rings (SSSR count). The summed E-state index contributed by atoms with van der Waals surface area (Å²) >= 11 is 3.30. The third kappa shape index (κ3) is 2.56. The van der Waals surface area contributed by atoms with Gasteiger partial charge in [-0.2, -0.15) is 5.10 Å². The molecular weight excluding hydrogens is 261 g/mol. The summed E-state index contributed by atoms with van der Waals surface area (Å²) in [5.41, 5.74) is 1.46. The molecule has 3 nitrogen and oxygen atoms in total. The molecule has 1 aromatic carbocycles. The van der Waals surface area contributed by atoms with Gasteiger partial charge in [-0.25, -0.2) is 4.39 Å². The minimum Gasteiger partial charge on any atom is -0.378 e. The van der Waals surface area contributed by atoms with Crippen LogP contribution in [-0.2, 0) is 6.54 Å². The predicted octanol–water partition coefficient (Wildman–Crippen LogP) is 2.92. The Bertz CT molecular complexity index is 442. The summed E-state index contributed by atoms with van der Waals surface area (Å²) in [6.07, 6.45) is 3.37. The molecule has 0 amide bonds. The van der Waals surface area contributed by atoms with Crippen LogP contribution in [0.3, 0.4) is 0 Å². The first-order chi connectivity index (χ1) is 7.25. The van der Waals surface area contributed by atoms with Gasteiger partial charge >= 0.3 is 0 Å². The Balaban J connectivity index is 2.07. The van der Waals surface area contributed by atoms with E-state index in [0.29, 0.717) is 12.1 Å². The van der Waals surface area contributed by atoms with E-state index in [-0.39, 0.29) is 5.82 Å². The average Bonchev–Trinajstić information content (AvgIpc) is 2.72. The first-order valence-electron chi connectivity index (χ1n) is 4.42. The van der Waals surface area contributed by atoms with Crippen LogP contribution >= 0.6 is 15.9 Å². The minimum atomic E-state index is -0.214. The Morgan fingerprint density at radius 3 is 3.07 bits per heavy atom. The molecule has 0 atom stereocenters. The van der Waals surface area contributed by atoms with Crippen molar-refractivity contribution in [1.82, 2.24) is 10.2 Å². The first kappa shape index (κ1) is 10.2. The van der Waals surface area contributed by atoms with Crippen molar-refractivity contribution in [2.45, 2.75) is 6.54 Å². The third-order valence-corrected chi connectivity index (χ3v) is 2.48. The molecule has 0 fully saturated rings. The quantitative estimate of drug-likeness (QED) is 0.900. The van der Waals surface area contributed by atoms with Gasteiger partial charge in [-0.05, 0) is 18.2 Å². The van der Waals surface area contributed by atoms with E-state index in [9.17, 15) is 4.39 Å². The first-order valence-corrected chi connectivity index (χ1v) is 5.21. The zero-order valence-electron chi connectivity index (χ0n) is 7.80. The number of hydrogen-bond acceptors (Lipinski definition) is 2. The van der Waals surface area contributed by atoms with Crippen molar-refractivity contribution in [2.75, 3.05) is 5.32 Å². The fraction of sp³-hybridized carbons (Fsp3) is 0.100. The normalized spacial score (nSPS) is 10.3. The molecule has 0 aliphatic carbocycles. The second-order valence-electron chi connectivity index (χ2n) is 3.08. The summed E-state index contributed by atoms with van der Waals surface area (Å²) in [5.74, 6) is -0.214. The maximum Gasteiger partial charge on any atom is 0.128 e. The van der Waals surface area contributed by atoms with Gasteiger partial charge in [0.25, 0.3) is 0 Å². The number of H-pyrrole nitrogens is 1. The van der Waals surface area contributed by atoms with Crippen molar-refractivity contribution in [1.29, 1.82) is 0 Å². The smallest absolute Gasteiger partial charge is 0.128 e. The Morgan fingerprint density at radius 1 is 1.47 bits per heavy atom. The third-order valence-electron chi connectivity index (χ3n) is 1.99. The molecule has 0 aliphatic heterocycles. The Hall–Kier alpha value is -1.36. The lowest BCUT2D eigenvalue weighted by Crippen LogP contribution is -2.00. The van der Waals surface area contributed by atoms with Gasteiger partial charge in [0.05, 0.1) is 11.9 Å². The minimum absolute atomic E-state index is 0.214. The largest absolute Gasteiger partial charge is 0.378 e. The molecule has 78 valence electrons. The van der Waals surface area contributed by atoms with Gasteiger partial charge < -0.3 is 5.32 Å². The molecule has 15 heavy (non-hydrogen) atoms. The highest BCUT2D eigenvalue weighted by molar-refractivity contribution is 9.10. The van der Waals surface area contributed by atoms with E-state index < -0.39 is 0 Å². The van der Waals surface area contributed by atoms with E-state index in [1.165, 1.54) is 6.07 Å². The van der Waals surface area contributed by atoms with Crippen LogP contribution < -0.4 is 5.32 Å². The van der Waals surface area contributed by atoms with Crippen molar-refractivity contribution in [3.05, 3.63) is 46.4 Å². The monoisotopic (exact) mass is 269 g/mol. The fourth-order valence-corrected chi connectivity index (χ4v) is 1.63. The van der Waals surface area contributed by atoms with Crippen LogP contribution in [0.15, 0.2) is 35.1 Å². The molecule has 5 heteroatoms. The lowest BCUT2D eigenvalue weighted by atomic mass is 10.2. The molecule has 2 aromatic rings. The van der Waals surface area contributed by atoms with Gasteiger partial charge in [-0.3, -0.25) is 5.10 Å². The van der Waals surface area contributed by atoms with Crippen LogP contribution in [-0.4, -0.2) is 10.2 Å². The molecule has 0 saturated carbocycles. The standard InChI is InChI=1S/C10H9BrFN3/c11-8-1-2-10(12)7(3-8)4-13-9-5-14-15-6-9/h1-3,5-6,13H,4H2,(H,14,15). The summed E-state index contributed by atoms with van der Waals surface area (Å²) in [6, 6.07) is 4.87. The molecular formula is C10H9BrFN3. The summed E-state index contributed by atoms with van der Waals surface area (Å²) in [7, 11) is 0. The number of aromatic nitrogens is 2. The molecule has 1 heterocycles. The molecule has 0 aliphatic rings. The zero-order chi connectivity index (χ0) is 10.7. The lowest BCUT2D eigenvalue weighted by Gasteiger charge is -2.05. The number of nitrogens with one attached hydrogen (secondary N) is 2. The number of nitrogens with zero attached hydrogens (tertiary/aromatic N) is 1. The van der Waals surface area contributed by atoms with Crippen LogP contribution in [0.5, 0.6) is 0 Å². The average molecular weight is 270 g/mol. The molecule has 1 aromatic heterocycles. The molecule has 2 N–H and O–H groups in total. The van der Waals surface area contributed by atoms with Crippen LogP contribution in [0.2, 0.25) is 0 Å². The van der Waals surface area contributed by atoms with Crippen molar-refractivity contribution < 1.29 is 4.39 Å². The number of benzene rings is 1. The van der Waals surface area contributed by atoms with Crippen molar-refractivity contribution >= 4 is 21.6 Å². The van der Waals surface area contributed by atoms with Crippen LogP contribution in [0.1, 0.15) is 5.56 Å². The Labute approximate surface area is 94.8 Å². The van der Waals surface area contributed by atoms with Gasteiger partial charge in [0.1, 0.15) is 5.82 Å². The van der Waals surface area contributed by atoms with Crippen molar-refractivity contribution in [2.24, 2.45) is 0 Å². The molecule has 0 radical (unpaired) electrons. The Morgan fingerprint density at radius 2 is 2.33 bits per heavy atom. The topological polar surface area (TPSA) is 40.7 Å². The van der Waals surface area contributed by atoms with E-state index in [0.717, 1.165) is 10.2 Å². The van der Waals surface area contributed by atoms with E-state index >= 15 is 0 Å². The molecule has 0 spiro atoms. The van der Waals surface area contributed by atoms with Crippen LogP contribution in [0, 0.1) is 5.82 Å². The number of anilines is 1. The van der Waals surface area contributed by atoms with Crippen molar-refractivity contribution in [3.8, 4) is 0 Å². The highest BCUT2D eigenvalue weighted by Crippen LogP contribution is 2.16. The fourth-order valence-electron chi connectivity index (χ4n) is 1.22. The summed E-state index contributed by atoms with van der Waals surface area (Å²) in [5, 5.41) is 9.51. The van der Waals surface area contributed by atoms with Gasteiger partial charge in [-0.1, -0.05) is 15.9 Å². The highest BCUT2D eigenvalue weighted by atomic mass is 79.9. The number of rotatable bonds is 3. The summed E-state index contributed by atoms with van der Waals surface area (Å²) in [6.45, 7) is 0.435. The summed E-state index contributed by atoms with van der Waals surface area (Å²) in [4.78, 5) is 0. The van der Waals surface area contributed by atoms with Gasteiger partial charge in [0.15, 0.2) is 0 Å². The highest BCUT2D eigenvalue weighted by Gasteiger charge is 2.02. The SMILES string of the molecule is Fc1ccc(Br)cc1CNc1cn[nH]c1. The van der Waals surface area contributed by atoms with Gasteiger partial charge in [-0.15, -0.1) is 0 Å². The maximum absolute atomic E-state index is 13.3. The summed E-state index contributed by atoms with van der Waals surface area (Å²) < 4.78 is 14.2. The van der Waals surface area contributed by atoms with E-state index in [1.54, 1.807) is 24.5 Å². The van der Waals surface area contributed by atoms with Crippen molar-refractivity contribution in [3.63, 3.8) is 0 Å². The maximum atomic E-state index is 13.3. The van der Waals surface area contributed by atoms with Gasteiger partial charge in [0, 0.05) is 22.8 Å².